The molecule has 1 aromatic carbocycles. The second-order valence-electron chi connectivity index (χ2n) is 7.40. The van der Waals surface area contributed by atoms with Crippen molar-refractivity contribution in [2.45, 2.75) is 6.92 Å². The average Bonchev–Trinajstić information content (AvgIpc) is 3.23. The number of hydrogen-bond donors (Lipinski definition) is 3. The highest BCUT2D eigenvalue weighted by molar-refractivity contribution is 7.08. The molecular formula is C23H28N4O5S. The largest absolute Gasteiger partial charge is 0.478 e. The van der Waals surface area contributed by atoms with E-state index < -0.39 is 11.9 Å². The molecule has 2 aliphatic heterocycles. The summed E-state index contributed by atoms with van der Waals surface area (Å²) >= 11 is 1.74. The van der Waals surface area contributed by atoms with Crippen LogP contribution in [0.2, 0.25) is 0 Å². The number of β-amino-alcohol motifs (C(OH)–C–C–N with tert-alkyl or cyclic N) is 1. The van der Waals surface area contributed by atoms with Crippen molar-refractivity contribution in [1.29, 1.82) is 0 Å². The van der Waals surface area contributed by atoms with Crippen molar-refractivity contribution in [3.05, 3.63) is 52.7 Å². The van der Waals surface area contributed by atoms with Crippen LogP contribution in [0.25, 0.3) is 0 Å². The molecule has 176 valence electrons. The number of thiophene rings is 1. The number of aliphatic hydroxyl groups is 1. The molecule has 4 rings (SSSR count). The SMILES string of the molecule is CCN1c2ccccc2N=C(N2CCN(CCO)CC2)c2cscc21.O=C(O)/C=C/C(=O)O. The Morgan fingerprint density at radius 1 is 1.03 bits per heavy atom. The van der Waals surface area contributed by atoms with Gasteiger partial charge in [0.05, 0.1) is 29.2 Å². The number of fused-ring (bicyclic) bond motifs is 2. The molecule has 33 heavy (non-hydrogen) atoms. The Kier molecular flexibility index (Phi) is 8.58. The maximum atomic E-state index is 9.55. The Morgan fingerprint density at radius 3 is 2.30 bits per heavy atom. The van der Waals surface area contributed by atoms with E-state index in [1.807, 2.05) is 0 Å². The number of benzene rings is 1. The van der Waals surface area contributed by atoms with Gasteiger partial charge in [0.2, 0.25) is 0 Å². The quantitative estimate of drug-likeness (QED) is 0.569. The fraction of sp³-hybridized carbons (Fsp3) is 0.348. The van der Waals surface area contributed by atoms with E-state index in [1.54, 1.807) is 11.3 Å². The molecule has 0 amide bonds. The number of anilines is 2. The van der Waals surface area contributed by atoms with Crippen molar-refractivity contribution < 1.29 is 24.9 Å². The summed E-state index contributed by atoms with van der Waals surface area (Å²) in [5, 5.41) is 29.2. The van der Waals surface area contributed by atoms with Crippen molar-refractivity contribution >= 4 is 46.2 Å². The van der Waals surface area contributed by atoms with Crippen LogP contribution in [0.15, 0.2) is 52.2 Å². The maximum Gasteiger partial charge on any atom is 0.328 e. The van der Waals surface area contributed by atoms with Crippen LogP contribution in [0.1, 0.15) is 12.5 Å². The van der Waals surface area contributed by atoms with E-state index in [4.69, 9.17) is 20.3 Å². The molecule has 10 heteroatoms. The lowest BCUT2D eigenvalue weighted by Crippen LogP contribution is -2.49. The fourth-order valence-electron chi connectivity index (χ4n) is 3.81. The maximum absolute atomic E-state index is 9.55. The van der Waals surface area contributed by atoms with E-state index in [1.165, 1.54) is 16.9 Å². The molecule has 1 saturated heterocycles. The third kappa shape index (κ3) is 6.19. The monoisotopic (exact) mass is 472 g/mol. The van der Waals surface area contributed by atoms with Gasteiger partial charge in [-0.3, -0.25) is 4.90 Å². The molecule has 1 fully saturated rings. The van der Waals surface area contributed by atoms with Gasteiger partial charge in [0.15, 0.2) is 0 Å². The molecule has 0 saturated carbocycles. The lowest BCUT2D eigenvalue weighted by molar-refractivity contribution is -0.134. The van der Waals surface area contributed by atoms with Gasteiger partial charge in [-0.15, -0.1) is 11.3 Å². The standard InChI is InChI=1S/C19H24N4OS.C4H4O4/c1-2-23-17-6-4-3-5-16(17)20-19(15-13-25-14-18(15)23)22-9-7-21(8-10-22)11-12-24;5-3(6)1-2-4(7)8/h3-6,13-14,24H,2,7-12H2,1H3;1-2H,(H,5,6)(H,7,8)/b;2-1+. The first kappa shape index (κ1) is 24.4. The number of nitrogens with zero attached hydrogens (tertiary/aromatic N) is 4. The molecule has 9 nitrogen and oxygen atoms in total. The molecule has 1 aromatic heterocycles. The summed E-state index contributed by atoms with van der Waals surface area (Å²) in [5.74, 6) is -1.43. The Morgan fingerprint density at radius 2 is 1.70 bits per heavy atom. The summed E-state index contributed by atoms with van der Waals surface area (Å²) < 4.78 is 0. The van der Waals surface area contributed by atoms with Crippen LogP contribution in [-0.4, -0.2) is 88.8 Å². The summed E-state index contributed by atoms with van der Waals surface area (Å²) in [5.41, 5.74) is 4.71. The zero-order valence-electron chi connectivity index (χ0n) is 18.4. The molecule has 2 aliphatic rings. The predicted molar refractivity (Wildman–Crippen MR) is 129 cm³/mol. The number of para-hydroxylation sites is 2. The number of piperazine rings is 1. The van der Waals surface area contributed by atoms with Gasteiger partial charge in [0.1, 0.15) is 5.84 Å². The number of aliphatic hydroxyl groups excluding tert-OH is 1. The highest BCUT2D eigenvalue weighted by Gasteiger charge is 2.27. The van der Waals surface area contributed by atoms with Gasteiger partial charge >= 0.3 is 11.9 Å². The van der Waals surface area contributed by atoms with E-state index in [9.17, 15) is 9.59 Å². The lowest BCUT2D eigenvalue weighted by Gasteiger charge is -2.36. The number of aliphatic carboxylic acids is 2. The van der Waals surface area contributed by atoms with Crippen LogP contribution in [0.5, 0.6) is 0 Å². The molecule has 0 unspecified atom stereocenters. The van der Waals surface area contributed by atoms with Crippen LogP contribution in [0.4, 0.5) is 17.1 Å². The summed E-state index contributed by atoms with van der Waals surface area (Å²) in [6.45, 7) is 7.94. The predicted octanol–water partition coefficient (Wildman–Crippen LogP) is 2.62. The van der Waals surface area contributed by atoms with E-state index in [0.29, 0.717) is 12.2 Å². The minimum absolute atomic E-state index is 0.231. The third-order valence-electron chi connectivity index (χ3n) is 5.34. The van der Waals surface area contributed by atoms with Gasteiger partial charge in [0, 0.05) is 62.2 Å². The van der Waals surface area contributed by atoms with Crippen LogP contribution < -0.4 is 4.90 Å². The van der Waals surface area contributed by atoms with Gasteiger partial charge < -0.3 is 25.1 Å². The zero-order valence-corrected chi connectivity index (χ0v) is 19.2. The molecule has 0 atom stereocenters. The lowest BCUT2D eigenvalue weighted by atomic mass is 10.2. The number of carboxylic acid groups (broad SMARTS) is 2. The number of hydrogen-bond acceptors (Lipinski definition) is 8. The van der Waals surface area contributed by atoms with Crippen LogP contribution in [-0.2, 0) is 9.59 Å². The zero-order chi connectivity index (χ0) is 23.8. The molecule has 3 N–H and O–H groups in total. The fourth-order valence-corrected chi connectivity index (χ4v) is 4.62. The van der Waals surface area contributed by atoms with Crippen molar-refractivity contribution in [3.8, 4) is 0 Å². The second-order valence-corrected chi connectivity index (χ2v) is 8.14. The van der Waals surface area contributed by atoms with Crippen LogP contribution in [0.3, 0.4) is 0 Å². The third-order valence-corrected chi connectivity index (χ3v) is 6.08. The van der Waals surface area contributed by atoms with Gasteiger partial charge in [-0.25, -0.2) is 14.6 Å². The molecule has 2 aromatic rings. The molecular weight excluding hydrogens is 444 g/mol. The summed E-state index contributed by atoms with van der Waals surface area (Å²) in [7, 11) is 0. The Labute approximate surface area is 196 Å². The number of rotatable bonds is 5. The highest BCUT2D eigenvalue weighted by Crippen LogP contribution is 2.41. The van der Waals surface area contributed by atoms with Gasteiger partial charge in [0.25, 0.3) is 0 Å². The molecule has 0 aliphatic carbocycles. The summed E-state index contributed by atoms with van der Waals surface area (Å²) in [6.07, 6.45) is 1.12. The summed E-state index contributed by atoms with van der Waals surface area (Å²) in [4.78, 5) is 31.3. The van der Waals surface area contributed by atoms with Gasteiger partial charge in [-0.2, -0.15) is 0 Å². The van der Waals surface area contributed by atoms with Crippen molar-refractivity contribution in [1.82, 2.24) is 9.80 Å². The van der Waals surface area contributed by atoms with E-state index in [-0.39, 0.29) is 6.61 Å². The average molecular weight is 473 g/mol. The minimum Gasteiger partial charge on any atom is -0.478 e. The molecule has 0 radical (unpaired) electrons. The molecule has 0 spiro atoms. The smallest absolute Gasteiger partial charge is 0.328 e. The van der Waals surface area contributed by atoms with Crippen molar-refractivity contribution in [2.24, 2.45) is 4.99 Å². The first-order valence-electron chi connectivity index (χ1n) is 10.7. The number of carbonyl (C=O) groups is 2. The highest BCUT2D eigenvalue weighted by atomic mass is 32.1. The Bertz CT molecular complexity index is 1010. The van der Waals surface area contributed by atoms with Crippen LogP contribution in [0, 0.1) is 0 Å². The van der Waals surface area contributed by atoms with Crippen molar-refractivity contribution in [2.75, 3.05) is 50.8 Å². The number of carboxylic acids is 2. The van der Waals surface area contributed by atoms with Crippen molar-refractivity contribution in [3.63, 3.8) is 0 Å². The van der Waals surface area contributed by atoms with Crippen LogP contribution >= 0.6 is 11.3 Å². The first-order valence-corrected chi connectivity index (χ1v) is 11.6. The van der Waals surface area contributed by atoms with Gasteiger partial charge in [-0.1, -0.05) is 12.1 Å². The molecule has 0 bridgehead atoms. The minimum atomic E-state index is -1.26. The summed E-state index contributed by atoms with van der Waals surface area (Å²) in [6, 6.07) is 8.41. The Hall–Kier alpha value is -3.21. The van der Waals surface area contributed by atoms with Gasteiger partial charge in [-0.05, 0) is 19.1 Å². The topological polar surface area (TPSA) is 117 Å². The normalized spacial score (nSPS) is 15.8. The number of aliphatic imine (C=N–C) groups is 1. The van der Waals surface area contributed by atoms with E-state index >= 15 is 0 Å². The van der Waals surface area contributed by atoms with E-state index in [2.05, 4.69) is 56.6 Å². The molecule has 3 heterocycles. The Balaban J connectivity index is 0.000000331. The second kappa shape index (κ2) is 11.6. The van der Waals surface area contributed by atoms with E-state index in [0.717, 1.165) is 50.8 Å². The number of amidine groups is 1. The first-order chi connectivity index (χ1) is 15.9.